The van der Waals surface area contributed by atoms with Gasteiger partial charge in [-0.1, -0.05) is 0 Å². The van der Waals surface area contributed by atoms with Crippen LogP contribution in [0.5, 0.6) is 0 Å². The molecule has 0 aromatic carbocycles. The fraction of sp³-hybridized carbons (Fsp3) is 0.875. The van der Waals surface area contributed by atoms with Gasteiger partial charge in [-0.3, -0.25) is 9.69 Å². The van der Waals surface area contributed by atoms with Gasteiger partial charge in [0.2, 0.25) is 5.91 Å². The van der Waals surface area contributed by atoms with Gasteiger partial charge in [-0.25, -0.2) is 0 Å². The zero-order valence-corrected chi connectivity index (χ0v) is 7.64. The smallest absolute Gasteiger partial charge is 0.238 e. The molecule has 0 aromatic heterocycles. The molecule has 0 unspecified atom stereocenters. The molecule has 1 saturated heterocycles. The highest BCUT2D eigenvalue weighted by atomic mass is 16.2. The summed E-state index contributed by atoms with van der Waals surface area (Å²) in [5.74, 6) is 0.139. The molecule has 3 nitrogen and oxygen atoms in total. The lowest BCUT2D eigenvalue weighted by atomic mass is 10.1. The van der Waals surface area contributed by atoms with Gasteiger partial charge in [0, 0.05) is 5.54 Å². The quantitative estimate of drug-likeness (QED) is 0.556. The van der Waals surface area contributed by atoms with E-state index in [9.17, 15) is 4.79 Å². The molecule has 1 atom stereocenters. The van der Waals surface area contributed by atoms with Crippen molar-refractivity contribution >= 4 is 5.91 Å². The van der Waals surface area contributed by atoms with Crippen LogP contribution >= 0.6 is 0 Å². The molecule has 1 rings (SSSR count). The third-order valence-electron chi connectivity index (χ3n) is 2.13. The summed E-state index contributed by atoms with van der Waals surface area (Å²) in [7, 11) is 0. The van der Waals surface area contributed by atoms with Crippen LogP contribution in [0.25, 0.3) is 0 Å². The number of carbonyl (C=O) groups is 1. The lowest BCUT2D eigenvalue weighted by molar-refractivity contribution is -0.121. The monoisotopic (exact) mass is 156 g/mol. The summed E-state index contributed by atoms with van der Waals surface area (Å²) in [5, 5.41) is 2.81. The van der Waals surface area contributed by atoms with E-state index in [2.05, 4.69) is 31.0 Å². The van der Waals surface area contributed by atoms with Gasteiger partial charge in [-0.2, -0.15) is 0 Å². The van der Waals surface area contributed by atoms with Crippen LogP contribution in [0.15, 0.2) is 0 Å². The molecule has 1 amide bonds. The number of nitrogens with zero attached hydrogens (tertiary/aromatic N) is 1. The first-order valence-corrected chi connectivity index (χ1v) is 3.97. The Labute approximate surface area is 67.8 Å². The second kappa shape index (κ2) is 2.48. The van der Waals surface area contributed by atoms with Crippen molar-refractivity contribution in [3.8, 4) is 0 Å². The third-order valence-corrected chi connectivity index (χ3v) is 2.13. The van der Waals surface area contributed by atoms with Crippen molar-refractivity contribution < 1.29 is 4.79 Å². The average molecular weight is 156 g/mol. The van der Waals surface area contributed by atoms with Gasteiger partial charge in [-0.15, -0.1) is 0 Å². The van der Waals surface area contributed by atoms with Crippen LogP contribution in [0.2, 0.25) is 0 Å². The second-order valence-electron chi connectivity index (χ2n) is 4.02. The molecule has 3 heteroatoms. The van der Waals surface area contributed by atoms with E-state index in [4.69, 9.17) is 0 Å². The van der Waals surface area contributed by atoms with Crippen molar-refractivity contribution in [1.82, 2.24) is 10.2 Å². The van der Waals surface area contributed by atoms with Crippen LogP contribution in [0.4, 0.5) is 0 Å². The molecule has 0 bridgehead atoms. The fourth-order valence-electron chi connectivity index (χ4n) is 1.41. The number of hydrogen-bond donors (Lipinski definition) is 1. The van der Waals surface area contributed by atoms with E-state index < -0.39 is 0 Å². The number of rotatable bonds is 0. The Morgan fingerprint density at radius 1 is 1.55 bits per heavy atom. The molecule has 0 saturated carbocycles. The molecule has 1 aliphatic rings. The van der Waals surface area contributed by atoms with Crippen LogP contribution in [0.1, 0.15) is 27.7 Å². The Morgan fingerprint density at radius 2 is 2.09 bits per heavy atom. The van der Waals surface area contributed by atoms with Crippen molar-refractivity contribution in [2.75, 3.05) is 6.67 Å². The lowest BCUT2D eigenvalue weighted by Crippen LogP contribution is -2.44. The van der Waals surface area contributed by atoms with Crippen molar-refractivity contribution in [2.24, 2.45) is 0 Å². The number of nitrogens with one attached hydrogen (secondary N) is 1. The highest BCUT2D eigenvalue weighted by Crippen LogP contribution is 2.18. The third kappa shape index (κ3) is 1.53. The Hall–Kier alpha value is -0.570. The van der Waals surface area contributed by atoms with E-state index in [0.29, 0.717) is 6.67 Å². The van der Waals surface area contributed by atoms with Crippen molar-refractivity contribution in [3.63, 3.8) is 0 Å². The molecule has 0 aromatic rings. The zero-order valence-electron chi connectivity index (χ0n) is 7.64. The molecular formula is C8H16N2O. The summed E-state index contributed by atoms with van der Waals surface area (Å²) in [6, 6.07) is 0.0231. The largest absolute Gasteiger partial charge is 0.342 e. The predicted molar refractivity (Wildman–Crippen MR) is 44.1 cm³/mol. The topological polar surface area (TPSA) is 32.3 Å². The summed E-state index contributed by atoms with van der Waals surface area (Å²) >= 11 is 0. The van der Waals surface area contributed by atoms with E-state index in [0.717, 1.165) is 0 Å². The Kier molecular flexibility index (Phi) is 1.92. The Bertz CT molecular complexity index is 171. The Balaban J connectivity index is 2.70. The standard InChI is InChI=1S/C8H16N2O/c1-6-7(11)9-5-10(6)8(2,3)4/h6H,5H2,1-4H3,(H,9,11)/t6-/m1/s1. The molecule has 0 radical (unpaired) electrons. The number of amides is 1. The summed E-state index contributed by atoms with van der Waals surface area (Å²) < 4.78 is 0. The van der Waals surface area contributed by atoms with Gasteiger partial charge in [0.15, 0.2) is 0 Å². The first-order valence-electron chi connectivity index (χ1n) is 3.97. The van der Waals surface area contributed by atoms with Gasteiger partial charge in [-0.05, 0) is 27.7 Å². The number of carbonyl (C=O) groups excluding carboxylic acids is 1. The van der Waals surface area contributed by atoms with Crippen LogP contribution in [0.3, 0.4) is 0 Å². The summed E-state index contributed by atoms with van der Waals surface area (Å²) in [4.78, 5) is 13.2. The minimum atomic E-state index is 0.0231. The highest BCUT2D eigenvalue weighted by Gasteiger charge is 2.35. The lowest BCUT2D eigenvalue weighted by Gasteiger charge is -2.33. The Morgan fingerprint density at radius 3 is 2.27 bits per heavy atom. The van der Waals surface area contributed by atoms with Crippen molar-refractivity contribution in [2.45, 2.75) is 39.3 Å². The van der Waals surface area contributed by atoms with E-state index in [1.807, 2.05) is 6.92 Å². The molecule has 0 aliphatic carbocycles. The van der Waals surface area contributed by atoms with E-state index in [-0.39, 0.29) is 17.5 Å². The van der Waals surface area contributed by atoms with Crippen LogP contribution < -0.4 is 5.32 Å². The van der Waals surface area contributed by atoms with Gasteiger partial charge in [0.25, 0.3) is 0 Å². The number of hydrogen-bond acceptors (Lipinski definition) is 2. The normalized spacial score (nSPS) is 27.3. The maximum atomic E-state index is 11.1. The predicted octanol–water partition coefficient (Wildman–Crippen LogP) is 0.563. The molecule has 1 aliphatic heterocycles. The average Bonchev–Trinajstić information content (AvgIpc) is 2.11. The molecule has 1 N–H and O–H groups in total. The van der Waals surface area contributed by atoms with E-state index in [1.165, 1.54) is 0 Å². The SMILES string of the molecule is C[C@@H]1C(=O)NCN1C(C)(C)C. The van der Waals surface area contributed by atoms with Crippen LogP contribution in [0, 0.1) is 0 Å². The van der Waals surface area contributed by atoms with Gasteiger partial charge in [0.05, 0.1) is 12.7 Å². The molecule has 64 valence electrons. The summed E-state index contributed by atoms with van der Waals surface area (Å²) in [5.41, 5.74) is 0.0819. The first-order chi connectivity index (χ1) is 4.93. The zero-order chi connectivity index (χ0) is 8.65. The van der Waals surface area contributed by atoms with E-state index >= 15 is 0 Å². The van der Waals surface area contributed by atoms with E-state index in [1.54, 1.807) is 0 Å². The maximum absolute atomic E-state index is 11.1. The molecule has 0 spiro atoms. The van der Waals surface area contributed by atoms with Crippen molar-refractivity contribution in [1.29, 1.82) is 0 Å². The van der Waals surface area contributed by atoms with Gasteiger partial charge in [0.1, 0.15) is 0 Å². The fourth-order valence-corrected chi connectivity index (χ4v) is 1.41. The minimum Gasteiger partial charge on any atom is -0.342 e. The van der Waals surface area contributed by atoms with Gasteiger partial charge < -0.3 is 5.32 Å². The highest BCUT2D eigenvalue weighted by molar-refractivity contribution is 5.83. The molecule has 11 heavy (non-hydrogen) atoms. The van der Waals surface area contributed by atoms with Crippen LogP contribution in [-0.4, -0.2) is 29.1 Å². The first kappa shape index (κ1) is 8.53. The van der Waals surface area contributed by atoms with Gasteiger partial charge >= 0.3 is 0 Å². The molecular weight excluding hydrogens is 140 g/mol. The van der Waals surface area contributed by atoms with Crippen molar-refractivity contribution in [3.05, 3.63) is 0 Å². The van der Waals surface area contributed by atoms with Crippen LogP contribution in [-0.2, 0) is 4.79 Å². The second-order valence-corrected chi connectivity index (χ2v) is 4.02. The summed E-state index contributed by atoms with van der Waals surface area (Å²) in [6.07, 6.45) is 0. The molecule has 1 fully saturated rings. The minimum absolute atomic E-state index is 0.0231. The maximum Gasteiger partial charge on any atom is 0.238 e. The summed E-state index contributed by atoms with van der Waals surface area (Å²) in [6.45, 7) is 8.97. The molecule has 1 heterocycles.